The number of fused-ring (bicyclic) bond motifs is 1. The van der Waals surface area contributed by atoms with E-state index in [1.165, 1.54) is 0 Å². The number of anilines is 1. The Morgan fingerprint density at radius 2 is 2.03 bits per heavy atom. The molecule has 0 radical (unpaired) electrons. The smallest absolute Gasteiger partial charge is 0.204 e. The van der Waals surface area contributed by atoms with Crippen LogP contribution in [0.15, 0.2) is 65.9 Å². The number of rotatable bonds is 8. The number of benzene rings is 2. The Morgan fingerprint density at radius 3 is 2.90 bits per heavy atom. The summed E-state index contributed by atoms with van der Waals surface area (Å²) < 4.78 is 14.5. The molecule has 0 fully saturated rings. The number of nitrogens with one attached hydrogen (secondary N) is 1. The summed E-state index contributed by atoms with van der Waals surface area (Å²) in [4.78, 5) is 4.51. The van der Waals surface area contributed by atoms with Crippen LogP contribution in [0.25, 0.3) is 10.2 Å². The van der Waals surface area contributed by atoms with Crippen molar-refractivity contribution in [3.8, 4) is 11.5 Å². The van der Waals surface area contributed by atoms with Gasteiger partial charge in [-0.3, -0.25) is 5.43 Å². The largest absolute Gasteiger partial charge is 0.493 e. The van der Waals surface area contributed by atoms with Crippen molar-refractivity contribution in [2.24, 2.45) is 5.10 Å². The lowest BCUT2D eigenvalue weighted by Gasteiger charge is -2.12. The minimum absolute atomic E-state index is 0.528. The third-order valence-corrected chi connectivity index (χ3v) is 5.37. The number of ether oxygens (including phenoxy) is 2. The first kappa shape index (κ1) is 19.0. The topological polar surface area (TPSA) is 60.7 Å². The van der Waals surface area contributed by atoms with Crippen LogP contribution in [0.4, 0.5) is 5.13 Å². The third-order valence-electron chi connectivity index (χ3n) is 4.42. The summed E-state index contributed by atoms with van der Waals surface area (Å²) in [6.07, 6.45) is 3.80. The lowest BCUT2D eigenvalue weighted by molar-refractivity contribution is 0.279. The van der Waals surface area contributed by atoms with Gasteiger partial charge < -0.3 is 14.0 Å². The predicted octanol–water partition coefficient (Wildman–Crippen LogP) is 4.94. The van der Waals surface area contributed by atoms with Gasteiger partial charge in [0.05, 0.1) is 35.8 Å². The van der Waals surface area contributed by atoms with Crippen LogP contribution in [-0.4, -0.2) is 29.5 Å². The highest BCUT2D eigenvalue weighted by Crippen LogP contribution is 2.28. The van der Waals surface area contributed by atoms with Gasteiger partial charge in [-0.05, 0) is 48.9 Å². The molecule has 29 heavy (non-hydrogen) atoms. The molecule has 2 heterocycles. The molecule has 0 spiro atoms. The molecule has 0 saturated carbocycles. The van der Waals surface area contributed by atoms with Crippen LogP contribution in [0.3, 0.4) is 0 Å². The summed E-state index contributed by atoms with van der Waals surface area (Å²) in [6.45, 7) is 3.26. The van der Waals surface area contributed by atoms with E-state index in [0.29, 0.717) is 13.2 Å². The van der Waals surface area contributed by atoms with Crippen molar-refractivity contribution in [3.05, 3.63) is 72.1 Å². The van der Waals surface area contributed by atoms with Gasteiger partial charge >= 0.3 is 0 Å². The van der Waals surface area contributed by atoms with Gasteiger partial charge in [-0.2, -0.15) is 5.10 Å². The summed E-state index contributed by atoms with van der Waals surface area (Å²) in [5.74, 6) is 1.50. The summed E-state index contributed by atoms with van der Waals surface area (Å²) in [5.41, 5.74) is 6.11. The zero-order valence-electron chi connectivity index (χ0n) is 16.3. The van der Waals surface area contributed by atoms with Crippen LogP contribution in [-0.2, 0) is 6.54 Å². The molecule has 6 nitrogen and oxygen atoms in total. The highest BCUT2D eigenvalue weighted by Gasteiger charge is 2.05. The fourth-order valence-electron chi connectivity index (χ4n) is 2.97. The highest BCUT2D eigenvalue weighted by molar-refractivity contribution is 7.22. The van der Waals surface area contributed by atoms with Gasteiger partial charge in [0.1, 0.15) is 6.61 Å². The number of thiazole rings is 1. The average Bonchev–Trinajstić information content (AvgIpc) is 3.35. The van der Waals surface area contributed by atoms with Crippen molar-refractivity contribution in [2.45, 2.75) is 13.5 Å². The van der Waals surface area contributed by atoms with Crippen molar-refractivity contribution >= 4 is 32.9 Å². The molecule has 4 rings (SSSR count). The zero-order chi connectivity index (χ0) is 20.1. The third kappa shape index (κ3) is 4.57. The van der Waals surface area contributed by atoms with Gasteiger partial charge in [-0.1, -0.05) is 29.5 Å². The van der Waals surface area contributed by atoms with Crippen molar-refractivity contribution < 1.29 is 9.47 Å². The lowest BCUT2D eigenvalue weighted by atomic mass is 10.2. The Kier molecular flexibility index (Phi) is 5.76. The van der Waals surface area contributed by atoms with E-state index < -0.39 is 0 Å². The molecule has 0 aliphatic rings. The summed E-state index contributed by atoms with van der Waals surface area (Å²) in [6, 6.07) is 18.0. The maximum atomic E-state index is 5.90. The van der Waals surface area contributed by atoms with E-state index in [1.54, 1.807) is 24.7 Å². The van der Waals surface area contributed by atoms with Crippen LogP contribution in [0.1, 0.15) is 11.3 Å². The fourth-order valence-corrected chi connectivity index (χ4v) is 3.79. The lowest BCUT2D eigenvalue weighted by Crippen LogP contribution is -2.10. The molecule has 4 aromatic rings. The maximum Gasteiger partial charge on any atom is 0.204 e. The van der Waals surface area contributed by atoms with Gasteiger partial charge in [-0.25, -0.2) is 4.98 Å². The molecule has 0 aliphatic heterocycles. The predicted molar refractivity (Wildman–Crippen MR) is 118 cm³/mol. The van der Waals surface area contributed by atoms with E-state index in [-0.39, 0.29) is 0 Å². The van der Waals surface area contributed by atoms with E-state index in [2.05, 4.69) is 26.1 Å². The summed E-state index contributed by atoms with van der Waals surface area (Å²) in [7, 11) is 1.65. The monoisotopic (exact) mass is 406 g/mol. The number of hydrogen-bond donors (Lipinski definition) is 1. The Balaban J connectivity index is 1.35. The van der Waals surface area contributed by atoms with Crippen LogP contribution in [0.5, 0.6) is 11.5 Å². The first-order chi connectivity index (χ1) is 14.2. The molecular weight excluding hydrogens is 384 g/mol. The summed E-state index contributed by atoms with van der Waals surface area (Å²) >= 11 is 1.58. The van der Waals surface area contributed by atoms with Gasteiger partial charge in [0.15, 0.2) is 11.5 Å². The van der Waals surface area contributed by atoms with Crippen molar-refractivity contribution in [1.82, 2.24) is 9.55 Å². The number of aryl methyl sites for hydroxylation is 1. The average molecular weight is 407 g/mol. The standard InChI is InChI=1S/C22H22N4O2S/c1-16-9-10-19(20(14-16)27-2)28-13-12-26-11-5-6-17(26)15-23-25-22-24-18-7-3-4-8-21(18)29-22/h3-11,14-15H,12-13H2,1-2H3,(H,24,25)/b23-15-. The number of aromatic nitrogens is 2. The first-order valence-electron chi connectivity index (χ1n) is 9.30. The zero-order valence-corrected chi connectivity index (χ0v) is 17.1. The normalized spacial score (nSPS) is 11.2. The van der Waals surface area contributed by atoms with Crippen LogP contribution in [0.2, 0.25) is 0 Å². The second-order valence-electron chi connectivity index (χ2n) is 6.49. The van der Waals surface area contributed by atoms with Gasteiger partial charge in [0.2, 0.25) is 5.13 Å². The molecule has 2 aromatic heterocycles. The number of nitrogens with zero attached hydrogens (tertiary/aromatic N) is 3. The molecule has 0 aliphatic carbocycles. The van der Waals surface area contributed by atoms with Crippen molar-refractivity contribution in [2.75, 3.05) is 19.1 Å². The Labute approximate surface area is 173 Å². The fraction of sp³-hybridized carbons (Fsp3) is 0.182. The molecule has 7 heteroatoms. The van der Waals surface area contributed by atoms with Gasteiger partial charge in [0, 0.05) is 6.20 Å². The molecular formula is C22H22N4O2S. The quantitative estimate of drug-likeness (QED) is 0.333. The Morgan fingerprint density at radius 1 is 1.14 bits per heavy atom. The van der Waals surface area contributed by atoms with Gasteiger partial charge in [0.25, 0.3) is 0 Å². The molecule has 0 saturated heterocycles. The maximum absolute atomic E-state index is 5.90. The van der Waals surface area contributed by atoms with Crippen molar-refractivity contribution in [1.29, 1.82) is 0 Å². The number of hydrazone groups is 1. The van der Waals surface area contributed by atoms with Crippen molar-refractivity contribution in [3.63, 3.8) is 0 Å². The van der Waals surface area contributed by atoms with Gasteiger partial charge in [-0.15, -0.1) is 0 Å². The number of para-hydroxylation sites is 1. The van der Waals surface area contributed by atoms with E-state index >= 15 is 0 Å². The van der Waals surface area contributed by atoms with E-state index in [1.807, 2.05) is 61.7 Å². The van der Waals surface area contributed by atoms with Crippen LogP contribution >= 0.6 is 11.3 Å². The second kappa shape index (κ2) is 8.79. The molecule has 0 bridgehead atoms. The SMILES string of the molecule is COc1cc(C)ccc1OCCn1cccc1/C=N\Nc1nc2ccccc2s1. The van der Waals surface area contributed by atoms with Crippen LogP contribution in [0, 0.1) is 6.92 Å². The number of hydrogen-bond acceptors (Lipinski definition) is 6. The van der Waals surface area contributed by atoms with E-state index in [0.717, 1.165) is 38.1 Å². The molecule has 0 unspecified atom stereocenters. The minimum atomic E-state index is 0.528. The molecule has 1 N–H and O–H groups in total. The second-order valence-corrected chi connectivity index (χ2v) is 7.52. The van der Waals surface area contributed by atoms with E-state index in [9.17, 15) is 0 Å². The molecule has 0 amide bonds. The molecule has 0 atom stereocenters. The molecule has 2 aromatic carbocycles. The highest BCUT2D eigenvalue weighted by atomic mass is 32.1. The van der Waals surface area contributed by atoms with E-state index in [4.69, 9.17) is 9.47 Å². The first-order valence-corrected chi connectivity index (χ1v) is 10.1. The molecule has 148 valence electrons. The van der Waals surface area contributed by atoms with Crippen LogP contribution < -0.4 is 14.9 Å². The minimum Gasteiger partial charge on any atom is -0.493 e. The summed E-state index contributed by atoms with van der Waals surface area (Å²) in [5, 5.41) is 5.11. The Hall–Kier alpha value is -3.32. The Bertz CT molecular complexity index is 1100. The number of methoxy groups -OCH3 is 1.